The van der Waals surface area contributed by atoms with Gasteiger partial charge in [0.05, 0.1) is 11.3 Å². The molecule has 0 unspecified atom stereocenters. The normalized spacial score (nSPS) is 15.7. The van der Waals surface area contributed by atoms with Gasteiger partial charge in [-0.05, 0) is 37.0 Å². The average Bonchev–Trinajstić information content (AvgIpc) is 2.95. The quantitative estimate of drug-likeness (QED) is 0.304. The van der Waals surface area contributed by atoms with Crippen molar-refractivity contribution in [2.24, 2.45) is 0 Å². The summed E-state index contributed by atoms with van der Waals surface area (Å²) < 4.78 is 0.560. The highest BCUT2D eigenvalue weighted by Crippen LogP contribution is 2.32. The summed E-state index contributed by atoms with van der Waals surface area (Å²) in [5.41, 5.74) is 2.06. The molecule has 160 valence electrons. The molecule has 0 saturated carbocycles. The summed E-state index contributed by atoms with van der Waals surface area (Å²) in [6.45, 7) is 2.64. The molecule has 2 rings (SSSR count). The van der Waals surface area contributed by atoms with Gasteiger partial charge in [-0.3, -0.25) is 19.3 Å². The molecule has 0 aromatic heterocycles. The predicted octanol–water partition coefficient (Wildman–Crippen LogP) is 3.99. The molecule has 0 atom stereocenters. The molecule has 0 spiro atoms. The van der Waals surface area contributed by atoms with E-state index in [1.807, 2.05) is 49.4 Å². The van der Waals surface area contributed by atoms with Crippen molar-refractivity contribution in [1.82, 2.24) is 10.2 Å². The topological polar surface area (TPSA) is 86.7 Å². The number of nitrogens with one attached hydrogen (secondary N) is 1. The molecular formula is C22H26N2O4S2. The van der Waals surface area contributed by atoms with E-state index < -0.39 is 5.97 Å². The first-order valence-corrected chi connectivity index (χ1v) is 11.1. The number of hydrogen-bond acceptors (Lipinski definition) is 5. The molecule has 0 aliphatic carbocycles. The first-order valence-electron chi connectivity index (χ1n) is 9.84. The molecule has 30 heavy (non-hydrogen) atoms. The van der Waals surface area contributed by atoms with E-state index in [4.69, 9.17) is 17.3 Å². The molecule has 2 N–H and O–H groups in total. The number of unbranched alkanes of at least 4 members (excludes halogenated alkanes) is 2. The largest absolute Gasteiger partial charge is 0.481 e. The van der Waals surface area contributed by atoms with Crippen LogP contribution in [0.2, 0.25) is 0 Å². The summed E-state index contributed by atoms with van der Waals surface area (Å²) in [6, 6.07) is 9.92. The van der Waals surface area contributed by atoms with Crippen molar-refractivity contribution in [2.75, 3.05) is 13.1 Å². The first-order chi connectivity index (χ1) is 14.4. The number of rotatable bonds is 11. The molecule has 1 aromatic rings. The van der Waals surface area contributed by atoms with Gasteiger partial charge < -0.3 is 10.4 Å². The van der Waals surface area contributed by atoms with Gasteiger partial charge in [-0.1, -0.05) is 66.8 Å². The zero-order chi connectivity index (χ0) is 21.9. The minimum Gasteiger partial charge on any atom is -0.481 e. The molecule has 8 heteroatoms. The maximum absolute atomic E-state index is 12.7. The second-order valence-electron chi connectivity index (χ2n) is 6.94. The standard InChI is InChI=1S/C22H26N2O4S2/c1-16(14-17-8-4-2-5-9-17)15-18-21(28)24(22(29)30-18)13-7-3-6-10-19(25)23-12-11-20(26)27/h2,4-5,8-9,14-15H,3,6-7,10-13H2,1H3,(H,23,25)(H,26,27)/b16-14+,18-15-. The fourth-order valence-corrected chi connectivity index (χ4v) is 4.24. The molecule has 1 aliphatic rings. The van der Waals surface area contributed by atoms with Gasteiger partial charge in [-0.25, -0.2) is 0 Å². The lowest BCUT2D eigenvalue weighted by molar-refractivity contribution is -0.137. The van der Waals surface area contributed by atoms with Crippen LogP contribution in [0.4, 0.5) is 0 Å². The van der Waals surface area contributed by atoms with Crippen LogP contribution in [0.15, 0.2) is 46.9 Å². The number of carboxylic acids is 1. The summed E-state index contributed by atoms with van der Waals surface area (Å²) in [4.78, 5) is 36.9. The van der Waals surface area contributed by atoms with Crippen LogP contribution in [0, 0.1) is 0 Å². The van der Waals surface area contributed by atoms with E-state index in [9.17, 15) is 14.4 Å². The SMILES string of the molecule is CC(/C=C1\SC(=S)N(CCCCCC(=O)NCCC(=O)O)C1=O)=C\c1ccccc1. The van der Waals surface area contributed by atoms with Crippen molar-refractivity contribution in [3.63, 3.8) is 0 Å². The molecule has 1 fully saturated rings. The van der Waals surface area contributed by atoms with Gasteiger partial charge in [0.2, 0.25) is 5.91 Å². The van der Waals surface area contributed by atoms with Gasteiger partial charge in [-0.15, -0.1) is 0 Å². The Kier molecular flexibility index (Phi) is 9.76. The summed E-state index contributed by atoms with van der Waals surface area (Å²) in [5.74, 6) is -1.15. The van der Waals surface area contributed by atoms with Gasteiger partial charge in [0.15, 0.2) is 0 Å². The van der Waals surface area contributed by atoms with Crippen molar-refractivity contribution in [2.45, 2.75) is 39.0 Å². The third-order valence-corrected chi connectivity index (χ3v) is 5.75. The van der Waals surface area contributed by atoms with Crippen LogP contribution in [0.1, 0.15) is 44.6 Å². The summed E-state index contributed by atoms with van der Waals surface area (Å²) >= 11 is 6.68. The number of aliphatic carboxylic acids is 1. The molecular weight excluding hydrogens is 420 g/mol. The Bertz CT molecular complexity index is 850. The van der Waals surface area contributed by atoms with Crippen LogP contribution >= 0.6 is 24.0 Å². The zero-order valence-electron chi connectivity index (χ0n) is 16.9. The number of thioether (sulfide) groups is 1. The number of carboxylic acid groups (broad SMARTS) is 1. The van der Waals surface area contributed by atoms with Crippen molar-refractivity contribution >= 4 is 52.2 Å². The smallest absolute Gasteiger partial charge is 0.305 e. The Labute approximate surface area is 186 Å². The van der Waals surface area contributed by atoms with Gasteiger partial charge in [0.25, 0.3) is 5.91 Å². The molecule has 0 radical (unpaired) electrons. The summed E-state index contributed by atoms with van der Waals surface area (Å²) in [5, 5.41) is 11.1. The second kappa shape index (κ2) is 12.3. The van der Waals surface area contributed by atoms with Gasteiger partial charge >= 0.3 is 5.97 Å². The lowest BCUT2D eigenvalue weighted by atomic mass is 10.1. The number of thiocarbonyl (C=S) groups is 1. The highest BCUT2D eigenvalue weighted by molar-refractivity contribution is 8.26. The van der Waals surface area contributed by atoms with Crippen LogP contribution in [-0.4, -0.2) is 45.2 Å². The van der Waals surface area contributed by atoms with Crippen LogP contribution in [0.3, 0.4) is 0 Å². The lowest BCUT2D eigenvalue weighted by Crippen LogP contribution is -2.29. The Morgan fingerprint density at radius 1 is 1.17 bits per heavy atom. The predicted molar refractivity (Wildman–Crippen MR) is 124 cm³/mol. The number of carbonyl (C=O) groups excluding carboxylic acids is 2. The van der Waals surface area contributed by atoms with E-state index in [1.54, 1.807) is 4.90 Å². The molecule has 2 amide bonds. The second-order valence-corrected chi connectivity index (χ2v) is 8.61. The van der Waals surface area contributed by atoms with Crippen molar-refractivity contribution in [3.8, 4) is 0 Å². The van der Waals surface area contributed by atoms with Crippen LogP contribution in [0.25, 0.3) is 6.08 Å². The van der Waals surface area contributed by atoms with Crippen LogP contribution in [-0.2, 0) is 14.4 Å². The highest BCUT2D eigenvalue weighted by atomic mass is 32.2. The summed E-state index contributed by atoms with van der Waals surface area (Å²) in [6.07, 6.45) is 6.38. The maximum atomic E-state index is 12.7. The van der Waals surface area contributed by atoms with Crippen molar-refractivity contribution < 1.29 is 19.5 Å². The lowest BCUT2D eigenvalue weighted by Gasteiger charge is -2.14. The highest BCUT2D eigenvalue weighted by Gasteiger charge is 2.31. The molecule has 1 heterocycles. The van der Waals surface area contributed by atoms with E-state index in [0.717, 1.165) is 24.0 Å². The minimum absolute atomic E-state index is 0.0720. The minimum atomic E-state index is -0.932. The molecule has 1 saturated heterocycles. The van der Waals surface area contributed by atoms with Crippen molar-refractivity contribution in [1.29, 1.82) is 0 Å². The first kappa shape index (κ1) is 23.8. The summed E-state index contributed by atoms with van der Waals surface area (Å²) in [7, 11) is 0. The van der Waals surface area contributed by atoms with E-state index in [0.29, 0.717) is 28.6 Å². The monoisotopic (exact) mass is 446 g/mol. The number of amides is 2. The average molecular weight is 447 g/mol. The molecule has 1 aliphatic heterocycles. The number of carbonyl (C=O) groups is 3. The Hall–Kier alpha value is -2.45. The van der Waals surface area contributed by atoms with Gasteiger partial charge in [0, 0.05) is 19.5 Å². The molecule has 1 aromatic carbocycles. The molecule has 0 bridgehead atoms. The zero-order valence-corrected chi connectivity index (χ0v) is 18.6. The fraction of sp³-hybridized carbons (Fsp3) is 0.364. The fourth-order valence-electron chi connectivity index (χ4n) is 2.88. The number of benzene rings is 1. The van der Waals surface area contributed by atoms with Gasteiger partial charge in [0.1, 0.15) is 4.32 Å². The molecule has 6 nitrogen and oxygen atoms in total. The van der Waals surface area contributed by atoms with Crippen LogP contribution < -0.4 is 5.32 Å². The van der Waals surface area contributed by atoms with Gasteiger partial charge in [-0.2, -0.15) is 0 Å². The van der Waals surface area contributed by atoms with E-state index >= 15 is 0 Å². The Morgan fingerprint density at radius 3 is 2.60 bits per heavy atom. The van der Waals surface area contributed by atoms with E-state index in [1.165, 1.54) is 11.8 Å². The van der Waals surface area contributed by atoms with E-state index in [-0.39, 0.29) is 24.8 Å². The Balaban J connectivity index is 1.75. The third-order valence-electron chi connectivity index (χ3n) is 4.37. The number of hydrogen-bond donors (Lipinski definition) is 2. The van der Waals surface area contributed by atoms with Crippen molar-refractivity contribution in [3.05, 3.63) is 52.4 Å². The Morgan fingerprint density at radius 2 is 1.90 bits per heavy atom. The maximum Gasteiger partial charge on any atom is 0.305 e. The van der Waals surface area contributed by atoms with E-state index in [2.05, 4.69) is 5.32 Å². The number of nitrogens with zero attached hydrogens (tertiary/aromatic N) is 1. The number of allylic oxidation sites excluding steroid dienone is 2. The van der Waals surface area contributed by atoms with Crippen LogP contribution in [0.5, 0.6) is 0 Å². The third kappa shape index (κ3) is 8.12.